The van der Waals surface area contributed by atoms with Crippen molar-refractivity contribution in [3.8, 4) is 0 Å². The average molecular weight is 362 g/mol. The lowest BCUT2D eigenvalue weighted by molar-refractivity contribution is -0.142. The quantitative estimate of drug-likeness (QED) is 0.806. The molecule has 0 aliphatic carbocycles. The number of hydrogen-bond donors (Lipinski definition) is 0. The van der Waals surface area contributed by atoms with Gasteiger partial charge in [-0.15, -0.1) is 0 Å². The number of nitrogens with zero attached hydrogens (tertiary/aromatic N) is 4. The number of ether oxygens (including phenoxy) is 1. The van der Waals surface area contributed by atoms with Gasteiger partial charge in [0.2, 0.25) is 11.8 Å². The van der Waals surface area contributed by atoms with E-state index in [1.165, 1.54) is 0 Å². The molecule has 1 amide bonds. The molecule has 3 rings (SSSR count). The van der Waals surface area contributed by atoms with Crippen LogP contribution >= 0.6 is 0 Å². The maximum absolute atomic E-state index is 12.8. The summed E-state index contributed by atoms with van der Waals surface area (Å²) in [6.45, 7) is 3.06. The predicted octanol–water partition coefficient (Wildman–Crippen LogP) is 1.39. The zero-order valence-electron chi connectivity index (χ0n) is 13.8. The van der Waals surface area contributed by atoms with Gasteiger partial charge in [0, 0.05) is 13.1 Å². The lowest BCUT2D eigenvalue weighted by Gasteiger charge is -2.38. The summed E-state index contributed by atoms with van der Waals surface area (Å²) in [6.07, 6.45) is -3.00. The molecule has 7 nitrogen and oxygen atoms in total. The summed E-state index contributed by atoms with van der Waals surface area (Å²) < 4.78 is 47.4. The largest absolute Gasteiger partial charge is 0.396 e. The van der Waals surface area contributed by atoms with Crippen molar-refractivity contribution in [3.63, 3.8) is 0 Å². The number of aromatic nitrogens is 2. The average Bonchev–Trinajstić information content (AvgIpc) is 3.00. The third-order valence-electron chi connectivity index (χ3n) is 4.43. The normalized spacial score (nSPS) is 23.0. The molecule has 1 aromatic heterocycles. The number of morpholine rings is 1. The fraction of sp³-hybridized carbons (Fsp3) is 0.800. The van der Waals surface area contributed by atoms with Gasteiger partial charge in [0.1, 0.15) is 6.42 Å². The summed E-state index contributed by atoms with van der Waals surface area (Å²) >= 11 is 0. The third-order valence-corrected chi connectivity index (χ3v) is 4.43. The van der Waals surface area contributed by atoms with E-state index in [1.807, 2.05) is 4.90 Å². The number of piperidine rings is 1. The number of alkyl halides is 3. The minimum absolute atomic E-state index is 0.0398. The van der Waals surface area contributed by atoms with Crippen LogP contribution in [-0.4, -0.2) is 70.9 Å². The Kier molecular flexibility index (Phi) is 5.57. The topological polar surface area (TPSA) is 71.7 Å². The van der Waals surface area contributed by atoms with Crippen molar-refractivity contribution in [1.82, 2.24) is 19.9 Å². The highest BCUT2D eigenvalue weighted by molar-refractivity contribution is 5.82. The number of amides is 1. The molecule has 10 heteroatoms. The summed E-state index contributed by atoms with van der Waals surface area (Å²) in [4.78, 5) is 20.3. The van der Waals surface area contributed by atoms with Crippen molar-refractivity contribution in [1.29, 1.82) is 0 Å². The van der Waals surface area contributed by atoms with E-state index >= 15 is 0 Å². The highest BCUT2D eigenvalue weighted by Gasteiger charge is 2.34. The van der Waals surface area contributed by atoms with Gasteiger partial charge in [0.05, 0.1) is 25.8 Å². The number of halogens is 3. The van der Waals surface area contributed by atoms with Crippen LogP contribution in [0.25, 0.3) is 0 Å². The molecule has 2 aliphatic rings. The standard InChI is InChI=1S/C15H21F3N4O3/c16-15(17,18)9-12-19-13(25-20-12)10-22-4-2-1-3-11(22)14(23)21-5-7-24-8-6-21/h11H,1-10H2. The van der Waals surface area contributed by atoms with E-state index in [0.29, 0.717) is 32.8 Å². The Bertz CT molecular complexity index is 587. The molecule has 3 heterocycles. The summed E-state index contributed by atoms with van der Waals surface area (Å²) in [5.74, 6) is -0.227. The van der Waals surface area contributed by atoms with Crippen LogP contribution in [0.1, 0.15) is 31.0 Å². The van der Waals surface area contributed by atoms with E-state index in [-0.39, 0.29) is 30.2 Å². The second kappa shape index (κ2) is 7.69. The second-order valence-corrected chi connectivity index (χ2v) is 6.32. The van der Waals surface area contributed by atoms with Gasteiger partial charge in [-0.25, -0.2) is 0 Å². The fourth-order valence-corrected chi connectivity index (χ4v) is 3.23. The first-order chi connectivity index (χ1) is 11.9. The van der Waals surface area contributed by atoms with Gasteiger partial charge in [0.15, 0.2) is 5.82 Å². The third kappa shape index (κ3) is 4.91. The smallest absolute Gasteiger partial charge is 0.378 e. The molecule has 140 valence electrons. The van der Waals surface area contributed by atoms with Crippen LogP contribution < -0.4 is 0 Å². The van der Waals surface area contributed by atoms with E-state index in [9.17, 15) is 18.0 Å². The number of likely N-dealkylation sites (tertiary alicyclic amines) is 1. The lowest BCUT2D eigenvalue weighted by atomic mass is 10.0. The van der Waals surface area contributed by atoms with Crippen molar-refractivity contribution in [2.75, 3.05) is 32.8 Å². The van der Waals surface area contributed by atoms with E-state index < -0.39 is 12.6 Å². The second-order valence-electron chi connectivity index (χ2n) is 6.32. The van der Waals surface area contributed by atoms with Gasteiger partial charge >= 0.3 is 6.18 Å². The Labute approximate surface area is 143 Å². The molecular weight excluding hydrogens is 341 g/mol. The summed E-state index contributed by atoms with van der Waals surface area (Å²) in [7, 11) is 0. The van der Waals surface area contributed by atoms with E-state index in [2.05, 4.69) is 10.1 Å². The predicted molar refractivity (Wildman–Crippen MR) is 79.5 cm³/mol. The lowest BCUT2D eigenvalue weighted by Crippen LogP contribution is -2.53. The molecule has 2 saturated heterocycles. The molecule has 0 spiro atoms. The zero-order chi connectivity index (χ0) is 17.9. The van der Waals surface area contributed by atoms with E-state index in [1.54, 1.807) is 4.90 Å². The molecule has 0 aromatic carbocycles. The molecule has 1 aromatic rings. The fourth-order valence-electron chi connectivity index (χ4n) is 3.23. The number of rotatable bonds is 4. The molecule has 0 N–H and O–H groups in total. The molecule has 1 atom stereocenters. The summed E-state index contributed by atoms with van der Waals surface area (Å²) in [5, 5.41) is 3.38. The monoisotopic (exact) mass is 362 g/mol. The maximum Gasteiger partial charge on any atom is 0.396 e. The van der Waals surface area contributed by atoms with Crippen molar-refractivity contribution in [2.24, 2.45) is 0 Å². The number of carbonyl (C=O) groups is 1. The zero-order valence-corrected chi connectivity index (χ0v) is 13.8. The Morgan fingerprint density at radius 1 is 1.20 bits per heavy atom. The van der Waals surface area contributed by atoms with Crippen LogP contribution in [0.3, 0.4) is 0 Å². The van der Waals surface area contributed by atoms with Crippen LogP contribution in [0.5, 0.6) is 0 Å². The number of carbonyl (C=O) groups excluding carboxylic acids is 1. The van der Waals surface area contributed by atoms with Gasteiger partial charge < -0.3 is 14.2 Å². The van der Waals surface area contributed by atoms with Crippen LogP contribution in [0, 0.1) is 0 Å². The maximum atomic E-state index is 12.8. The minimum atomic E-state index is -4.37. The Morgan fingerprint density at radius 2 is 1.96 bits per heavy atom. The minimum Gasteiger partial charge on any atom is -0.378 e. The molecule has 0 saturated carbocycles. The van der Waals surface area contributed by atoms with Gasteiger partial charge in [-0.2, -0.15) is 18.2 Å². The first-order valence-electron chi connectivity index (χ1n) is 8.41. The molecule has 1 unspecified atom stereocenters. The van der Waals surface area contributed by atoms with Crippen LogP contribution in [0.15, 0.2) is 4.52 Å². The molecule has 0 radical (unpaired) electrons. The SMILES string of the molecule is O=C(C1CCCCN1Cc1nc(CC(F)(F)F)no1)N1CCOCC1. The first kappa shape index (κ1) is 18.1. The van der Waals surface area contributed by atoms with Gasteiger partial charge in [0.25, 0.3) is 0 Å². The Morgan fingerprint density at radius 3 is 2.68 bits per heavy atom. The Hall–Kier alpha value is -1.68. The summed E-state index contributed by atoms with van der Waals surface area (Å²) in [6, 6.07) is -0.301. The number of hydrogen-bond acceptors (Lipinski definition) is 6. The van der Waals surface area contributed by atoms with Crippen LogP contribution in [0.2, 0.25) is 0 Å². The highest BCUT2D eigenvalue weighted by atomic mass is 19.4. The molecule has 0 bridgehead atoms. The first-order valence-corrected chi connectivity index (χ1v) is 8.41. The van der Waals surface area contributed by atoms with Crippen molar-refractivity contribution >= 4 is 5.91 Å². The van der Waals surface area contributed by atoms with Crippen molar-refractivity contribution in [2.45, 2.75) is 44.4 Å². The van der Waals surface area contributed by atoms with Crippen LogP contribution in [0.4, 0.5) is 13.2 Å². The van der Waals surface area contributed by atoms with Gasteiger partial charge in [-0.05, 0) is 19.4 Å². The van der Waals surface area contributed by atoms with Gasteiger partial charge in [-0.3, -0.25) is 9.69 Å². The van der Waals surface area contributed by atoms with Crippen LogP contribution in [-0.2, 0) is 22.5 Å². The molecular formula is C15H21F3N4O3. The molecule has 2 fully saturated rings. The molecule has 2 aliphatic heterocycles. The highest BCUT2D eigenvalue weighted by Crippen LogP contribution is 2.23. The van der Waals surface area contributed by atoms with Crippen molar-refractivity contribution < 1.29 is 27.2 Å². The van der Waals surface area contributed by atoms with Gasteiger partial charge in [-0.1, -0.05) is 11.6 Å². The molecule has 25 heavy (non-hydrogen) atoms. The summed E-state index contributed by atoms with van der Waals surface area (Å²) in [5.41, 5.74) is 0. The van der Waals surface area contributed by atoms with E-state index in [4.69, 9.17) is 9.26 Å². The Balaban J connectivity index is 1.64. The van der Waals surface area contributed by atoms with Crippen molar-refractivity contribution in [3.05, 3.63) is 11.7 Å². The van der Waals surface area contributed by atoms with E-state index in [0.717, 1.165) is 19.3 Å².